The second kappa shape index (κ2) is 6.80. The Morgan fingerprint density at radius 1 is 1.29 bits per heavy atom. The summed E-state index contributed by atoms with van der Waals surface area (Å²) < 4.78 is 14.3. The van der Waals surface area contributed by atoms with Gasteiger partial charge in [0.05, 0.1) is 22.3 Å². The van der Waals surface area contributed by atoms with E-state index in [-0.39, 0.29) is 15.9 Å². The van der Waals surface area contributed by atoms with Crippen LogP contribution in [0.4, 0.5) is 4.39 Å². The minimum atomic E-state index is -0.529. The Hall–Kier alpha value is -1.75. The first-order chi connectivity index (χ1) is 10.0. The molecule has 1 heterocycles. The standard InChI is InChI=1S/C16H16BrFN2O/c1-3-20(10-12-7-4-6-11(2)19-12)16(21)13-8-5-9-14(17)15(13)18/h4-9H,3,10H2,1-2H3. The summed E-state index contributed by atoms with van der Waals surface area (Å²) >= 11 is 3.10. The number of amides is 1. The molecule has 0 N–H and O–H groups in total. The predicted octanol–water partition coefficient (Wildman–Crippen LogP) is 3.95. The fourth-order valence-electron chi connectivity index (χ4n) is 2.05. The molecule has 2 rings (SSSR count). The molecule has 5 heteroatoms. The number of nitrogens with zero attached hydrogens (tertiary/aromatic N) is 2. The molecular weight excluding hydrogens is 335 g/mol. The van der Waals surface area contributed by atoms with E-state index < -0.39 is 5.82 Å². The number of aromatic nitrogens is 1. The molecule has 0 aliphatic rings. The first-order valence-corrected chi connectivity index (χ1v) is 7.48. The van der Waals surface area contributed by atoms with Crippen molar-refractivity contribution in [3.63, 3.8) is 0 Å². The van der Waals surface area contributed by atoms with E-state index in [4.69, 9.17) is 0 Å². The van der Waals surface area contributed by atoms with Crippen LogP contribution in [0, 0.1) is 12.7 Å². The Labute approximate surface area is 131 Å². The van der Waals surface area contributed by atoms with Crippen molar-refractivity contribution in [2.75, 3.05) is 6.54 Å². The molecule has 0 bridgehead atoms. The lowest BCUT2D eigenvalue weighted by Crippen LogP contribution is -2.31. The van der Waals surface area contributed by atoms with Gasteiger partial charge < -0.3 is 4.90 Å². The zero-order valence-electron chi connectivity index (χ0n) is 11.9. The molecule has 21 heavy (non-hydrogen) atoms. The molecule has 0 saturated heterocycles. The number of hydrogen-bond acceptors (Lipinski definition) is 2. The monoisotopic (exact) mass is 350 g/mol. The van der Waals surface area contributed by atoms with E-state index in [1.165, 1.54) is 6.07 Å². The molecule has 0 aliphatic heterocycles. The van der Waals surface area contributed by atoms with E-state index in [0.29, 0.717) is 13.1 Å². The highest BCUT2D eigenvalue weighted by Crippen LogP contribution is 2.20. The number of rotatable bonds is 4. The minimum absolute atomic E-state index is 0.0684. The summed E-state index contributed by atoms with van der Waals surface area (Å²) in [5, 5.41) is 0. The second-order valence-electron chi connectivity index (χ2n) is 4.69. The van der Waals surface area contributed by atoms with E-state index in [0.717, 1.165) is 11.4 Å². The van der Waals surface area contributed by atoms with Crippen molar-refractivity contribution in [3.8, 4) is 0 Å². The smallest absolute Gasteiger partial charge is 0.257 e. The molecule has 0 fully saturated rings. The molecule has 0 unspecified atom stereocenters. The van der Waals surface area contributed by atoms with Gasteiger partial charge in [-0.05, 0) is 54.0 Å². The van der Waals surface area contributed by atoms with Gasteiger partial charge in [-0.2, -0.15) is 0 Å². The molecule has 1 aromatic carbocycles. The third kappa shape index (κ3) is 3.67. The normalized spacial score (nSPS) is 10.5. The van der Waals surface area contributed by atoms with Gasteiger partial charge in [-0.15, -0.1) is 0 Å². The van der Waals surface area contributed by atoms with Crippen LogP contribution in [0.1, 0.15) is 28.7 Å². The Kier molecular flexibility index (Phi) is 5.07. The van der Waals surface area contributed by atoms with Crippen LogP contribution >= 0.6 is 15.9 Å². The molecule has 0 radical (unpaired) electrons. The van der Waals surface area contributed by atoms with Gasteiger partial charge in [0.15, 0.2) is 0 Å². The molecule has 1 aromatic heterocycles. The summed E-state index contributed by atoms with van der Waals surface area (Å²) in [5.41, 5.74) is 1.75. The fraction of sp³-hybridized carbons (Fsp3) is 0.250. The summed E-state index contributed by atoms with van der Waals surface area (Å²) in [6, 6.07) is 10.4. The van der Waals surface area contributed by atoms with Crippen molar-refractivity contribution in [1.82, 2.24) is 9.88 Å². The first kappa shape index (κ1) is 15.6. The fourth-order valence-corrected chi connectivity index (χ4v) is 2.42. The van der Waals surface area contributed by atoms with Gasteiger partial charge in [-0.25, -0.2) is 4.39 Å². The summed E-state index contributed by atoms with van der Waals surface area (Å²) in [6.07, 6.45) is 0. The third-order valence-electron chi connectivity index (χ3n) is 3.15. The van der Waals surface area contributed by atoms with Gasteiger partial charge in [0.1, 0.15) is 5.82 Å². The van der Waals surface area contributed by atoms with E-state index in [1.807, 2.05) is 32.0 Å². The maximum Gasteiger partial charge on any atom is 0.257 e. The minimum Gasteiger partial charge on any atom is -0.333 e. The average Bonchev–Trinajstić information content (AvgIpc) is 2.47. The largest absolute Gasteiger partial charge is 0.333 e. The predicted molar refractivity (Wildman–Crippen MR) is 83.5 cm³/mol. The number of hydrogen-bond donors (Lipinski definition) is 0. The van der Waals surface area contributed by atoms with E-state index in [9.17, 15) is 9.18 Å². The molecule has 0 atom stereocenters. The van der Waals surface area contributed by atoms with E-state index >= 15 is 0 Å². The van der Waals surface area contributed by atoms with Gasteiger partial charge in [-0.1, -0.05) is 12.1 Å². The van der Waals surface area contributed by atoms with Crippen molar-refractivity contribution in [2.45, 2.75) is 20.4 Å². The lowest BCUT2D eigenvalue weighted by Gasteiger charge is -2.21. The molecular formula is C16H16BrFN2O. The Bertz CT molecular complexity index is 660. The second-order valence-corrected chi connectivity index (χ2v) is 5.55. The zero-order chi connectivity index (χ0) is 15.4. The highest BCUT2D eigenvalue weighted by molar-refractivity contribution is 9.10. The molecule has 2 aromatic rings. The maximum absolute atomic E-state index is 14.0. The summed E-state index contributed by atoms with van der Waals surface area (Å²) in [7, 11) is 0. The lowest BCUT2D eigenvalue weighted by molar-refractivity contribution is 0.0745. The first-order valence-electron chi connectivity index (χ1n) is 6.68. The highest BCUT2D eigenvalue weighted by Gasteiger charge is 2.19. The molecule has 0 saturated carbocycles. The van der Waals surface area contributed by atoms with Gasteiger partial charge >= 0.3 is 0 Å². The number of halogens is 2. The van der Waals surface area contributed by atoms with Crippen LogP contribution < -0.4 is 0 Å². The number of benzene rings is 1. The summed E-state index contributed by atoms with van der Waals surface area (Å²) in [6.45, 7) is 4.61. The van der Waals surface area contributed by atoms with Crippen molar-refractivity contribution < 1.29 is 9.18 Å². The van der Waals surface area contributed by atoms with Gasteiger partial charge in [0.25, 0.3) is 5.91 Å². The van der Waals surface area contributed by atoms with Crippen molar-refractivity contribution in [2.24, 2.45) is 0 Å². The molecule has 0 spiro atoms. The average molecular weight is 351 g/mol. The lowest BCUT2D eigenvalue weighted by atomic mass is 10.1. The van der Waals surface area contributed by atoms with Gasteiger partial charge in [0, 0.05) is 12.2 Å². The molecule has 0 aliphatic carbocycles. The summed E-state index contributed by atoms with van der Waals surface area (Å²) in [4.78, 5) is 18.4. The van der Waals surface area contributed by atoms with Crippen molar-refractivity contribution in [3.05, 3.63) is 63.6 Å². The topological polar surface area (TPSA) is 33.2 Å². The Morgan fingerprint density at radius 3 is 2.67 bits per heavy atom. The number of carbonyl (C=O) groups excluding carboxylic acids is 1. The quantitative estimate of drug-likeness (QED) is 0.836. The van der Waals surface area contributed by atoms with Crippen molar-refractivity contribution in [1.29, 1.82) is 0 Å². The van der Waals surface area contributed by atoms with E-state index in [1.54, 1.807) is 17.0 Å². The third-order valence-corrected chi connectivity index (χ3v) is 3.76. The summed E-state index contributed by atoms with van der Waals surface area (Å²) in [5.74, 6) is -0.863. The maximum atomic E-state index is 14.0. The van der Waals surface area contributed by atoms with Crippen molar-refractivity contribution >= 4 is 21.8 Å². The van der Waals surface area contributed by atoms with Crippen LogP contribution in [-0.2, 0) is 6.54 Å². The Balaban J connectivity index is 2.25. The van der Waals surface area contributed by atoms with Crippen LogP contribution in [0.5, 0.6) is 0 Å². The highest BCUT2D eigenvalue weighted by atomic mass is 79.9. The number of carbonyl (C=O) groups is 1. The van der Waals surface area contributed by atoms with E-state index in [2.05, 4.69) is 20.9 Å². The molecule has 110 valence electrons. The zero-order valence-corrected chi connectivity index (χ0v) is 13.5. The van der Waals surface area contributed by atoms with Gasteiger partial charge in [-0.3, -0.25) is 9.78 Å². The van der Waals surface area contributed by atoms with Crippen LogP contribution in [0.3, 0.4) is 0 Å². The number of aryl methyl sites for hydroxylation is 1. The van der Waals surface area contributed by atoms with Crippen LogP contribution in [0.25, 0.3) is 0 Å². The van der Waals surface area contributed by atoms with Gasteiger partial charge in [0.2, 0.25) is 0 Å². The SMILES string of the molecule is CCN(Cc1cccc(C)n1)C(=O)c1cccc(Br)c1F. The molecule has 3 nitrogen and oxygen atoms in total. The van der Waals surface area contributed by atoms with Crippen LogP contribution in [-0.4, -0.2) is 22.3 Å². The number of pyridine rings is 1. The molecule has 1 amide bonds. The van der Waals surface area contributed by atoms with Crippen LogP contribution in [0.2, 0.25) is 0 Å². The Morgan fingerprint density at radius 2 is 2.00 bits per heavy atom. The van der Waals surface area contributed by atoms with Crippen LogP contribution in [0.15, 0.2) is 40.9 Å².